The number of nitrogens with zero attached hydrogens (tertiary/aromatic N) is 1. The average molecular weight is 428 g/mol. The van der Waals surface area contributed by atoms with Gasteiger partial charge in [0.05, 0.1) is 27.5 Å². The molecule has 0 amide bonds. The van der Waals surface area contributed by atoms with Crippen LogP contribution in [0.2, 0.25) is 0 Å². The van der Waals surface area contributed by atoms with Crippen molar-refractivity contribution in [2.24, 2.45) is 5.14 Å². The van der Waals surface area contributed by atoms with Gasteiger partial charge in [-0.15, -0.1) is 0 Å². The van der Waals surface area contributed by atoms with Gasteiger partial charge in [-0.3, -0.25) is 9.93 Å². The number of rotatable bonds is 4. The fraction of sp³-hybridized carbons (Fsp3) is 0.455. The maximum atomic E-state index is 13.3. The Bertz CT molecular complexity index is 1140. The molecule has 2 heterocycles. The molecular formula is C22H29BN2O4S. The number of pyridine rings is 1. The zero-order chi connectivity index (χ0) is 21.7. The second-order valence-corrected chi connectivity index (χ2v) is 11.3. The highest BCUT2D eigenvalue weighted by Crippen LogP contribution is 2.36. The molecule has 30 heavy (non-hydrogen) atoms. The van der Waals surface area contributed by atoms with Gasteiger partial charge in [0.15, 0.2) is 0 Å². The van der Waals surface area contributed by atoms with E-state index in [-0.39, 0.29) is 12.1 Å². The SMILES string of the molecule is CC1(C)OB(c2ccc(=O)n(Cc3ccccc3S(N)(=O)=C3CCC3)c2)OC1(C)C. The van der Waals surface area contributed by atoms with E-state index in [9.17, 15) is 9.00 Å². The van der Waals surface area contributed by atoms with Gasteiger partial charge in [-0.25, -0.2) is 4.21 Å². The van der Waals surface area contributed by atoms with Crippen LogP contribution in [0.3, 0.4) is 0 Å². The van der Waals surface area contributed by atoms with Crippen molar-refractivity contribution in [1.82, 2.24) is 4.57 Å². The summed E-state index contributed by atoms with van der Waals surface area (Å²) in [7, 11) is -3.27. The van der Waals surface area contributed by atoms with Crippen molar-refractivity contribution in [2.75, 3.05) is 0 Å². The molecule has 1 saturated carbocycles. The summed E-state index contributed by atoms with van der Waals surface area (Å²) in [6.45, 7) is 8.26. The second-order valence-electron chi connectivity index (χ2n) is 9.12. The van der Waals surface area contributed by atoms with Crippen LogP contribution in [0.4, 0.5) is 0 Å². The fourth-order valence-electron chi connectivity index (χ4n) is 3.69. The lowest BCUT2D eigenvalue weighted by molar-refractivity contribution is 0.00578. The highest BCUT2D eigenvalue weighted by Gasteiger charge is 2.51. The van der Waals surface area contributed by atoms with E-state index in [1.165, 1.54) is 6.07 Å². The number of hydrogen-bond donors (Lipinski definition) is 1. The first-order chi connectivity index (χ1) is 14.0. The van der Waals surface area contributed by atoms with E-state index in [0.717, 1.165) is 35.2 Å². The zero-order valence-corrected chi connectivity index (χ0v) is 18.8. The zero-order valence-electron chi connectivity index (χ0n) is 18.0. The van der Waals surface area contributed by atoms with Crippen molar-refractivity contribution >= 4 is 27.2 Å². The van der Waals surface area contributed by atoms with Crippen LogP contribution in [-0.4, -0.2) is 32.0 Å². The van der Waals surface area contributed by atoms with Crippen LogP contribution in [0.25, 0.3) is 0 Å². The van der Waals surface area contributed by atoms with Crippen molar-refractivity contribution in [3.8, 4) is 0 Å². The molecule has 1 aromatic heterocycles. The molecule has 1 atom stereocenters. The van der Waals surface area contributed by atoms with Crippen molar-refractivity contribution in [2.45, 2.75) is 69.6 Å². The maximum Gasteiger partial charge on any atom is 0.496 e. The highest BCUT2D eigenvalue weighted by atomic mass is 32.2. The number of aromatic nitrogens is 1. The summed E-state index contributed by atoms with van der Waals surface area (Å²) in [5.41, 5.74) is 0.488. The minimum atomic E-state index is -2.72. The monoisotopic (exact) mass is 428 g/mol. The van der Waals surface area contributed by atoms with Crippen LogP contribution in [0.1, 0.15) is 52.5 Å². The molecule has 4 rings (SSSR count). The van der Waals surface area contributed by atoms with E-state index < -0.39 is 28.0 Å². The molecule has 1 unspecified atom stereocenters. The van der Waals surface area contributed by atoms with Crippen LogP contribution in [0, 0.1) is 0 Å². The Kier molecular flexibility index (Phi) is 5.25. The third-order valence-corrected chi connectivity index (χ3v) is 8.83. The Morgan fingerprint density at radius 3 is 2.30 bits per heavy atom. The molecule has 2 aliphatic rings. The van der Waals surface area contributed by atoms with Crippen molar-refractivity contribution in [3.63, 3.8) is 0 Å². The van der Waals surface area contributed by atoms with Gasteiger partial charge in [-0.2, -0.15) is 0 Å². The lowest BCUT2D eigenvalue weighted by atomic mass is 9.80. The van der Waals surface area contributed by atoms with Gasteiger partial charge < -0.3 is 13.9 Å². The summed E-state index contributed by atoms with van der Waals surface area (Å²) in [6.07, 6.45) is 4.40. The van der Waals surface area contributed by atoms with Gasteiger partial charge in [0, 0.05) is 22.0 Å². The van der Waals surface area contributed by atoms with E-state index in [1.54, 1.807) is 16.8 Å². The van der Waals surface area contributed by atoms with Gasteiger partial charge in [-0.1, -0.05) is 24.3 Å². The Hall–Kier alpha value is -1.87. The van der Waals surface area contributed by atoms with E-state index in [1.807, 2.05) is 52.0 Å². The molecule has 0 radical (unpaired) electrons. The lowest BCUT2D eigenvalue weighted by Crippen LogP contribution is -2.41. The summed E-state index contributed by atoms with van der Waals surface area (Å²) in [5.74, 6) is 0. The van der Waals surface area contributed by atoms with Crippen LogP contribution in [-0.2, 0) is 25.6 Å². The van der Waals surface area contributed by atoms with E-state index in [2.05, 4.69) is 0 Å². The first kappa shape index (κ1) is 21.4. The number of benzene rings is 1. The first-order valence-electron chi connectivity index (χ1n) is 10.3. The van der Waals surface area contributed by atoms with Gasteiger partial charge in [0.1, 0.15) is 0 Å². The molecule has 8 heteroatoms. The largest absolute Gasteiger partial charge is 0.496 e. The van der Waals surface area contributed by atoms with E-state index in [4.69, 9.17) is 14.4 Å². The Morgan fingerprint density at radius 2 is 1.70 bits per heavy atom. The number of nitrogens with two attached hydrogens (primary N) is 1. The van der Waals surface area contributed by atoms with Crippen LogP contribution in [0.5, 0.6) is 0 Å². The summed E-state index contributed by atoms with van der Waals surface area (Å²) in [5, 5.41) is 6.29. The third-order valence-electron chi connectivity index (χ3n) is 6.51. The minimum absolute atomic E-state index is 0.148. The normalized spacial score (nSPS) is 21.9. The summed E-state index contributed by atoms with van der Waals surface area (Å²) >= 11 is 0. The van der Waals surface area contributed by atoms with Crippen LogP contribution in [0.15, 0.2) is 52.3 Å². The molecule has 1 aromatic carbocycles. The van der Waals surface area contributed by atoms with E-state index in [0.29, 0.717) is 4.90 Å². The van der Waals surface area contributed by atoms with Gasteiger partial charge in [0.25, 0.3) is 5.56 Å². The minimum Gasteiger partial charge on any atom is -0.399 e. The quantitative estimate of drug-likeness (QED) is 0.597. The maximum absolute atomic E-state index is 13.3. The number of hydrogen-bond acceptors (Lipinski definition) is 4. The highest BCUT2D eigenvalue weighted by molar-refractivity contribution is 8.00. The fourth-order valence-corrected chi connectivity index (χ4v) is 5.69. The second kappa shape index (κ2) is 7.37. The van der Waals surface area contributed by atoms with Crippen LogP contribution >= 0.6 is 0 Å². The molecule has 1 saturated heterocycles. The smallest absolute Gasteiger partial charge is 0.399 e. The molecule has 0 bridgehead atoms. The summed E-state index contributed by atoms with van der Waals surface area (Å²) in [6, 6.07) is 10.7. The molecule has 1 aliphatic carbocycles. The Balaban J connectivity index is 1.69. The molecule has 160 valence electrons. The lowest BCUT2D eigenvalue weighted by Gasteiger charge is -2.32. The molecule has 2 fully saturated rings. The average Bonchev–Trinajstić information content (AvgIpc) is 2.83. The van der Waals surface area contributed by atoms with Crippen molar-refractivity contribution in [1.29, 1.82) is 0 Å². The molecule has 2 aromatic rings. The molecule has 2 N–H and O–H groups in total. The molecule has 6 nitrogen and oxygen atoms in total. The van der Waals surface area contributed by atoms with Crippen molar-refractivity contribution < 1.29 is 13.5 Å². The molecule has 0 spiro atoms. The van der Waals surface area contributed by atoms with Gasteiger partial charge in [0.2, 0.25) is 0 Å². The molecule has 1 aliphatic heterocycles. The first-order valence-corrected chi connectivity index (χ1v) is 11.9. The third kappa shape index (κ3) is 3.66. The van der Waals surface area contributed by atoms with E-state index >= 15 is 0 Å². The predicted octanol–water partition coefficient (Wildman–Crippen LogP) is 2.07. The summed E-state index contributed by atoms with van der Waals surface area (Å²) < 4.78 is 27.1. The van der Waals surface area contributed by atoms with Crippen LogP contribution < -0.4 is 16.2 Å². The van der Waals surface area contributed by atoms with Gasteiger partial charge >= 0.3 is 7.12 Å². The predicted molar refractivity (Wildman–Crippen MR) is 121 cm³/mol. The Labute approximate surface area is 178 Å². The van der Waals surface area contributed by atoms with Gasteiger partial charge in [-0.05, 0) is 64.1 Å². The van der Waals surface area contributed by atoms with Crippen molar-refractivity contribution in [3.05, 3.63) is 58.5 Å². The topological polar surface area (TPSA) is 83.5 Å². The standard InChI is InChI=1S/C22H29BN2O4S/c1-21(2)22(3,4)29-23(28-21)17-12-13-20(26)25(15-17)14-16-8-5-6-11-19(16)30(24,27)18-9-7-10-18/h5-6,8,11-13,15H,7,9-10,14H2,1-4H3,(H2,24,27). The molecular weight excluding hydrogens is 399 g/mol. The Morgan fingerprint density at radius 1 is 1.07 bits per heavy atom. The summed E-state index contributed by atoms with van der Waals surface area (Å²) in [4.78, 5) is 14.1.